The van der Waals surface area contributed by atoms with Crippen molar-refractivity contribution in [2.75, 3.05) is 13.1 Å². The number of halogens is 1. The summed E-state index contributed by atoms with van der Waals surface area (Å²) < 4.78 is 1.52. The third kappa shape index (κ3) is 2.22. The van der Waals surface area contributed by atoms with E-state index < -0.39 is 0 Å². The molecule has 2 unspecified atom stereocenters. The third-order valence-corrected chi connectivity index (χ3v) is 6.89. The van der Waals surface area contributed by atoms with Gasteiger partial charge in [0.15, 0.2) is 0 Å². The van der Waals surface area contributed by atoms with Gasteiger partial charge in [0.25, 0.3) is 0 Å². The highest BCUT2D eigenvalue weighted by Gasteiger charge is 2.59. The van der Waals surface area contributed by atoms with Crippen LogP contribution in [-0.4, -0.2) is 40.7 Å². The summed E-state index contributed by atoms with van der Waals surface area (Å²) in [4.78, 5) is 13.1. The number of carbonyl (C=O) groups is 1. The normalized spacial score (nSPS) is 48.4. The van der Waals surface area contributed by atoms with E-state index >= 15 is 0 Å². The Morgan fingerprint density at radius 1 is 1.24 bits per heavy atom. The number of nitrogens with zero attached hydrogens (tertiary/aromatic N) is 1. The maximum Gasteiger partial charge on any atom is 0.243 e. The number of piperidine rings is 1. The molecule has 2 N–H and O–H groups in total. The first-order valence-corrected chi connectivity index (χ1v) is 8.81. The fourth-order valence-corrected chi connectivity index (χ4v) is 6.02. The molecule has 0 aromatic rings. The molecule has 5 rings (SSSR count). The highest BCUT2D eigenvalue weighted by atomic mass is 35.5. The summed E-state index contributed by atoms with van der Waals surface area (Å²) in [6, 6.07) is 0.130. The van der Waals surface area contributed by atoms with E-state index in [0.29, 0.717) is 17.8 Å². The SMILES string of the molecule is O=C(N(Cl)[C@H]1CCCNC1)C12CC3CC(C1)C(O)C(C3)C2. The number of aliphatic hydroxyl groups is 1. The van der Waals surface area contributed by atoms with Crippen molar-refractivity contribution in [1.29, 1.82) is 0 Å². The summed E-state index contributed by atoms with van der Waals surface area (Å²) in [6.07, 6.45) is 6.82. The van der Waals surface area contributed by atoms with Gasteiger partial charge in [0, 0.05) is 18.3 Å². The molecular weight excluding hydrogens is 288 g/mol. The summed E-state index contributed by atoms with van der Waals surface area (Å²) in [5.74, 6) is 1.43. The van der Waals surface area contributed by atoms with E-state index in [1.54, 1.807) is 0 Å². The van der Waals surface area contributed by atoms with Gasteiger partial charge in [-0.15, -0.1) is 0 Å². The zero-order valence-electron chi connectivity index (χ0n) is 12.4. The lowest BCUT2D eigenvalue weighted by molar-refractivity contribution is -0.169. The van der Waals surface area contributed by atoms with Crippen LogP contribution < -0.4 is 5.32 Å². The smallest absolute Gasteiger partial charge is 0.243 e. The number of hydrogen-bond donors (Lipinski definition) is 2. The average molecular weight is 313 g/mol. The van der Waals surface area contributed by atoms with Crippen LogP contribution in [0.25, 0.3) is 0 Å². The van der Waals surface area contributed by atoms with Gasteiger partial charge in [-0.1, -0.05) is 0 Å². The van der Waals surface area contributed by atoms with Crippen molar-refractivity contribution in [3.8, 4) is 0 Å². The minimum Gasteiger partial charge on any atom is -0.393 e. The summed E-state index contributed by atoms with van der Waals surface area (Å²) in [5.41, 5.74) is -0.269. The Hall–Kier alpha value is -0.320. The first kappa shape index (κ1) is 14.3. The lowest BCUT2D eigenvalue weighted by Gasteiger charge is -2.58. The van der Waals surface area contributed by atoms with Crippen molar-refractivity contribution in [2.24, 2.45) is 23.2 Å². The van der Waals surface area contributed by atoms with E-state index in [2.05, 4.69) is 5.32 Å². The van der Waals surface area contributed by atoms with Gasteiger partial charge in [0.2, 0.25) is 5.91 Å². The summed E-state index contributed by atoms with van der Waals surface area (Å²) in [7, 11) is 0. The fourth-order valence-electron chi connectivity index (χ4n) is 5.68. The molecule has 0 aromatic carbocycles. The van der Waals surface area contributed by atoms with Crippen LogP contribution in [0.1, 0.15) is 44.9 Å². The standard InChI is InChI=1S/C16H25ClN2O2/c17-19(13-2-1-3-18-9-13)15(21)16-6-10-4-11(7-16)14(20)12(5-10)8-16/h10-14,18,20H,1-9H2/t10?,11?,12?,13-,14?,16?/m0/s1. The monoisotopic (exact) mass is 312 g/mol. The van der Waals surface area contributed by atoms with Gasteiger partial charge in [-0.05, 0) is 69.2 Å². The van der Waals surface area contributed by atoms with Crippen LogP contribution in [0.5, 0.6) is 0 Å². The highest BCUT2D eigenvalue weighted by molar-refractivity contribution is 6.22. The Balaban J connectivity index is 1.53. The number of carbonyl (C=O) groups excluding carboxylic acids is 1. The lowest BCUT2D eigenvalue weighted by atomic mass is 9.48. The molecule has 118 valence electrons. The van der Waals surface area contributed by atoms with Gasteiger partial charge < -0.3 is 10.4 Å². The first-order valence-electron chi connectivity index (χ1n) is 8.47. The summed E-state index contributed by atoms with van der Waals surface area (Å²) in [5, 5.41) is 13.7. The molecule has 4 bridgehead atoms. The van der Waals surface area contributed by atoms with Crippen molar-refractivity contribution < 1.29 is 9.90 Å². The van der Waals surface area contributed by atoms with Crippen molar-refractivity contribution in [3.63, 3.8) is 0 Å². The summed E-state index contributed by atoms with van der Waals surface area (Å²) in [6.45, 7) is 1.84. The van der Waals surface area contributed by atoms with Crippen LogP contribution in [-0.2, 0) is 4.79 Å². The predicted octanol–water partition coefficient (Wildman–Crippen LogP) is 1.91. The first-order chi connectivity index (χ1) is 10.1. The maximum atomic E-state index is 13.1. The molecule has 1 amide bonds. The van der Waals surface area contributed by atoms with Crippen molar-refractivity contribution >= 4 is 17.7 Å². The molecule has 5 fully saturated rings. The van der Waals surface area contributed by atoms with Crippen LogP contribution in [0.4, 0.5) is 0 Å². The second-order valence-electron chi connectivity index (χ2n) is 7.86. The zero-order valence-corrected chi connectivity index (χ0v) is 13.2. The van der Waals surface area contributed by atoms with E-state index in [-0.39, 0.29) is 23.5 Å². The van der Waals surface area contributed by atoms with Crippen LogP contribution in [0.2, 0.25) is 0 Å². The molecule has 1 saturated heterocycles. The Bertz CT molecular complexity index is 422. The average Bonchev–Trinajstić information content (AvgIpc) is 2.51. The van der Waals surface area contributed by atoms with Gasteiger partial charge in [0.05, 0.1) is 17.6 Å². The van der Waals surface area contributed by atoms with Crippen molar-refractivity contribution in [3.05, 3.63) is 0 Å². The van der Waals surface area contributed by atoms with E-state index in [0.717, 1.165) is 58.0 Å². The highest BCUT2D eigenvalue weighted by Crippen LogP contribution is 2.60. The minimum absolute atomic E-state index is 0.130. The lowest BCUT2D eigenvalue weighted by Crippen LogP contribution is -2.59. The second kappa shape index (κ2) is 5.10. The molecule has 4 nitrogen and oxygen atoms in total. The molecule has 0 radical (unpaired) electrons. The molecule has 1 aliphatic heterocycles. The molecule has 5 heteroatoms. The Labute approximate surface area is 131 Å². The Morgan fingerprint density at radius 2 is 1.95 bits per heavy atom. The van der Waals surface area contributed by atoms with E-state index in [4.69, 9.17) is 11.8 Å². The number of rotatable bonds is 2. The third-order valence-electron chi connectivity index (χ3n) is 6.46. The quantitative estimate of drug-likeness (QED) is 0.766. The van der Waals surface area contributed by atoms with Gasteiger partial charge in [0.1, 0.15) is 0 Å². The van der Waals surface area contributed by atoms with Crippen molar-refractivity contribution in [1.82, 2.24) is 9.74 Å². The molecule has 5 aliphatic rings. The number of nitrogens with one attached hydrogen (secondary N) is 1. The Kier molecular flexibility index (Phi) is 3.47. The van der Waals surface area contributed by atoms with Gasteiger partial charge in [-0.2, -0.15) is 0 Å². The molecular formula is C16H25ClN2O2. The fraction of sp³-hybridized carbons (Fsp3) is 0.938. The molecule has 0 spiro atoms. The van der Waals surface area contributed by atoms with Crippen molar-refractivity contribution in [2.45, 2.75) is 57.1 Å². The summed E-state index contributed by atoms with van der Waals surface area (Å²) >= 11 is 6.46. The number of aliphatic hydroxyl groups excluding tert-OH is 1. The molecule has 3 atom stereocenters. The maximum absolute atomic E-state index is 13.1. The van der Waals surface area contributed by atoms with Crippen LogP contribution in [0.15, 0.2) is 0 Å². The minimum atomic E-state index is -0.269. The van der Waals surface area contributed by atoms with E-state index in [9.17, 15) is 9.90 Å². The molecule has 0 aromatic heterocycles. The second-order valence-corrected chi connectivity index (χ2v) is 8.22. The van der Waals surface area contributed by atoms with E-state index in [1.165, 1.54) is 4.42 Å². The van der Waals surface area contributed by atoms with Gasteiger partial charge in [-0.3, -0.25) is 4.79 Å². The molecule has 21 heavy (non-hydrogen) atoms. The number of amides is 1. The number of hydrogen-bond acceptors (Lipinski definition) is 3. The van der Waals surface area contributed by atoms with Crippen LogP contribution >= 0.6 is 11.8 Å². The van der Waals surface area contributed by atoms with Crippen LogP contribution in [0, 0.1) is 23.2 Å². The largest absolute Gasteiger partial charge is 0.393 e. The van der Waals surface area contributed by atoms with Crippen LogP contribution in [0.3, 0.4) is 0 Å². The molecule has 4 saturated carbocycles. The zero-order chi connectivity index (χ0) is 14.6. The van der Waals surface area contributed by atoms with Gasteiger partial charge in [-0.25, -0.2) is 4.42 Å². The Morgan fingerprint density at radius 3 is 2.57 bits per heavy atom. The predicted molar refractivity (Wildman–Crippen MR) is 80.6 cm³/mol. The molecule has 1 heterocycles. The topological polar surface area (TPSA) is 52.6 Å². The van der Waals surface area contributed by atoms with E-state index in [1.807, 2.05) is 0 Å². The molecule has 4 aliphatic carbocycles. The van der Waals surface area contributed by atoms with Gasteiger partial charge >= 0.3 is 0 Å².